The van der Waals surface area contributed by atoms with Crippen LogP contribution in [0.4, 0.5) is 0 Å². The maximum absolute atomic E-state index is 3.93. The minimum Gasteiger partial charge on any atom is -0.358 e. The van der Waals surface area contributed by atoms with Crippen LogP contribution in [-0.4, -0.2) is 29.5 Å². The molecule has 1 saturated heterocycles. The Morgan fingerprint density at radius 1 is 0.791 bits per heavy atom. The minimum atomic E-state index is 0.477. The summed E-state index contributed by atoms with van der Waals surface area (Å²) in [6.45, 7) is 29.0. The number of hydrogen-bond acceptors (Lipinski definition) is 1. The number of benzene rings is 2. The number of aryl methyl sites for hydroxylation is 5. The van der Waals surface area contributed by atoms with Crippen molar-refractivity contribution in [3.63, 3.8) is 0 Å². The molecule has 1 aliphatic heterocycles. The predicted octanol–water partition coefficient (Wildman–Crippen LogP) is 11.6. The van der Waals surface area contributed by atoms with Gasteiger partial charge in [0.1, 0.15) is 0 Å². The second kappa shape index (κ2) is 18.0. The molecule has 1 aromatic heterocycles. The van der Waals surface area contributed by atoms with E-state index in [9.17, 15) is 0 Å². The van der Waals surface area contributed by atoms with Crippen LogP contribution < -0.4 is 0 Å². The molecule has 2 nitrogen and oxygen atoms in total. The summed E-state index contributed by atoms with van der Waals surface area (Å²) in [7, 11) is 0. The molecule has 4 aliphatic rings. The molecule has 0 bridgehead atoms. The summed E-state index contributed by atoms with van der Waals surface area (Å²) in [5, 5.41) is 1.56. The Balaban J connectivity index is 0.000000321. The van der Waals surface area contributed by atoms with Gasteiger partial charge in [-0.1, -0.05) is 98.2 Å². The van der Waals surface area contributed by atoms with Crippen molar-refractivity contribution in [2.45, 2.75) is 141 Å². The molecule has 2 aromatic carbocycles. The number of nitrogens with one attached hydrogen (secondary N) is 1. The molecule has 1 N–H and O–H groups in total. The van der Waals surface area contributed by atoms with Gasteiger partial charge < -0.3 is 9.88 Å². The third-order valence-electron chi connectivity index (χ3n) is 9.77. The highest BCUT2D eigenvalue weighted by Crippen LogP contribution is 2.48. The zero-order valence-electron chi connectivity index (χ0n) is 30.5. The maximum Gasteiger partial charge on any atom is 0.0494 e. The second-order valence-electron chi connectivity index (χ2n) is 12.7. The number of piperidine rings is 1. The lowest BCUT2D eigenvalue weighted by Gasteiger charge is -2.49. The molecule has 2 fully saturated rings. The Kier molecular flexibility index (Phi) is 15.6. The van der Waals surface area contributed by atoms with Gasteiger partial charge in [0, 0.05) is 29.7 Å². The van der Waals surface area contributed by atoms with Gasteiger partial charge in [-0.15, -0.1) is 0 Å². The Bertz CT molecular complexity index is 1230. The highest BCUT2D eigenvalue weighted by Gasteiger charge is 2.44. The van der Waals surface area contributed by atoms with Gasteiger partial charge in [-0.05, 0) is 130 Å². The lowest BCUT2D eigenvalue weighted by Crippen LogP contribution is -2.51. The van der Waals surface area contributed by atoms with Gasteiger partial charge in [0.2, 0.25) is 0 Å². The van der Waals surface area contributed by atoms with Crippen LogP contribution in [0, 0.1) is 38.0 Å². The van der Waals surface area contributed by atoms with Crippen molar-refractivity contribution < 1.29 is 0 Å². The van der Waals surface area contributed by atoms with E-state index in [-0.39, 0.29) is 0 Å². The zero-order valence-corrected chi connectivity index (χ0v) is 30.5. The van der Waals surface area contributed by atoms with Crippen LogP contribution in [0.2, 0.25) is 0 Å². The van der Waals surface area contributed by atoms with E-state index in [0.717, 1.165) is 11.8 Å². The molecule has 0 amide bonds. The van der Waals surface area contributed by atoms with E-state index >= 15 is 0 Å². The van der Waals surface area contributed by atoms with Crippen LogP contribution in [0.3, 0.4) is 0 Å². The first-order valence-electron chi connectivity index (χ1n) is 18.3. The molecule has 2 unspecified atom stereocenters. The maximum atomic E-state index is 3.93. The van der Waals surface area contributed by atoms with Crippen molar-refractivity contribution in [1.82, 2.24) is 9.88 Å². The fraction of sp³-hybridized carbons (Fsp3) is 0.659. The molecule has 2 heteroatoms. The molecular formula is C41H68N2. The first-order valence-corrected chi connectivity index (χ1v) is 18.3. The minimum absolute atomic E-state index is 0.477. The molecule has 3 aliphatic carbocycles. The molecule has 242 valence electrons. The first-order chi connectivity index (χ1) is 20.9. The van der Waals surface area contributed by atoms with Gasteiger partial charge in [0.15, 0.2) is 0 Å². The van der Waals surface area contributed by atoms with Gasteiger partial charge >= 0.3 is 0 Å². The van der Waals surface area contributed by atoms with E-state index in [1.54, 1.807) is 27.8 Å². The fourth-order valence-electron chi connectivity index (χ4n) is 7.30. The molecule has 7 rings (SSSR count). The Morgan fingerprint density at radius 2 is 1.47 bits per heavy atom. The standard InChI is InChI=1S/C24H32N2.C9H12.4C2H6/c1-24-13-21-20-9-8-17-4-2-3-5-19(17)23(20)25-22(21)12-18(24)10-11-26(15-24)14-16-6-7-16;1-7-4-5-8(2)9(3)6-7;4*1-2/h8-9,16,18,25H,2-7,10-15H2,1H3;4-6H,1-3H3;4*1-2H3. The van der Waals surface area contributed by atoms with E-state index in [4.69, 9.17) is 0 Å². The number of aromatic amines is 1. The second-order valence-corrected chi connectivity index (χ2v) is 12.7. The van der Waals surface area contributed by atoms with Crippen LogP contribution in [0.25, 0.3) is 10.9 Å². The van der Waals surface area contributed by atoms with Crippen molar-refractivity contribution in [3.05, 3.63) is 69.4 Å². The third kappa shape index (κ3) is 9.23. The number of aromatic nitrogens is 1. The quantitative estimate of drug-likeness (QED) is 0.315. The predicted molar refractivity (Wildman–Crippen MR) is 194 cm³/mol. The van der Waals surface area contributed by atoms with Gasteiger partial charge in [-0.25, -0.2) is 0 Å². The van der Waals surface area contributed by atoms with E-state index < -0.39 is 0 Å². The van der Waals surface area contributed by atoms with E-state index in [2.05, 4.69) is 67.9 Å². The smallest absolute Gasteiger partial charge is 0.0494 e. The van der Waals surface area contributed by atoms with E-state index in [1.807, 2.05) is 55.4 Å². The molecule has 0 spiro atoms. The third-order valence-corrected chi connectivity index (χ3v) is 9.77. The van der Waals surface area contributed by atoms with Crippen LogP contribution in [-0.2, 0) is 25.7 Å². The van der Waals surface area contributed by atoms with Gasteiger partial charge in [0.25, 0.3) is 0 Å². The Labute approximate surface area is 267 Å². The molecule has 2 atom stereocenters. The number of nitrogens with zero attached hydrogens (tertiary/aromatic N) is 1. The number of rotatable bonds is 2. The number of hydrogen-bond donors (Lipinski definition) is 1. The average molecular weight is 589 g/mol. The highest BCUT2D eigenvalue weighted by molar-refractivity contribution is 5.89. The largest absolute Gasteiger partial charge is 0.358 e. The summed E-state index contributed by atoms with van der Waals surface area (Å²) in [6.07, 6.45) is 12.2. The molecule has 0 radical (unpaired) electrons. The van der Waals surface area contributed by atoms with Crippen molar-refractivity contribution in [1.29, 1.82) is 0 Å². The van der Waals surface area contributed by atoms with Gasteiger partial charge in [-0.2, -0.15) is 0 Å². The number of H-pyrrole nitrogens is 1. The number of fused-ring (bicyclic) bond motifs is 6. The normalized spacial score (nSPS) is 21.6. The summed E-state index contributed by atoms with van der Waals surface area (Å²) in [4.78, 5) is 6.74. The van der Waals surface area contributed by atoms with Gasteiger partial charge in [-0.3, -0.25) is 0 Å². The van der Waals surface area contributed by atoms with Crippen molar-refractivity contribution in [2.24, 2.45) is 17.3 Å². The van der Waals surface area contributed by atoms with Crippen LogP contribution in [0.1, 0.15) is 133 Å². The van der Waals surface area contributed by atoms with Crippen LogP contribution >= 0.6 is 0 Å². The highest BCUT2D eigenvalue weighted by atomic mass is 15.1. The molecule has 2 heterocycles. The average Bonchev–Trinajstić information content (AvgIpc) is 3.80. The monoisotopic (exact) mass is 589 g/mol. The van der Waals surface area contributed by atoms with E-state index in [1.165, 1.54) is 99.6 Å². The fourth-order valence-corrected chi connectivity index (χ4v) is 7.30. The SMILES string of the molecule is CC.CC.CC.CC.CC12Cc3c([nH]c4c5c(ccc34)CCCC5)CC1CCN(CC1CC1)C2.Cc1ccc(C)c(C)c1. The molecule has 1 saturated carbocycles. The van der Waals surface area contributed by atoms with Crippen molar-refractivity contribution in [2.75, 3.05) is 19.6 Å². The summed E-state index contributed by atoms with van der Waals surface area (Å²) >= 11 is 0. The molecular weight excluding hydrogens is 520 g/mol. The summed E-state index contributed by atoms with van der Waals surface area (Å²) in [5.41, 5.74) is 12.6. The topological polar surface area (TPSA) is 19.0 Å². The summed E-state index contributed by atoms with van der Waals surface area (Å²) in [5.74, 6) is 1.89. The zero-order chi connectivity index (χ0) is 32.2. The van der Waals surface area contributed by atoms with Crippen LogP contribution in [0.15, 0.2) is 30.3 Å². The lowest BCUT2D eigenvalue weighted by atomic mass is 9.63. The lowest BCUT2D eigenvalue weighted by molar-refractivity contribution is 0.0311. The van der Waals surface area contributed by atoms with E-state index in [0.29, 0.717) is 5.41 Å². The van der Waals surface area contributed by atoms with Crippen molar-refractivity contribution >= 4 is 10.9 Å². The Hall–Kier alpha value is -2.06. The summed E-state index contributed by atoms with van der Waals surface area (Å²) in [6, 6.07) is 11.4. The summed E-state index contributed by atoms with van der Waals surface area (Å²) < 4.78 is 0. The Morgan fingerprint density at radius 3 is 2.09 bits per heavy atom. The number of likely N-dealkylation sites (tertiary alicyclic amines) is 1. The molecule has 43 heavy (non-hydrogen) atoms. The first kappa shape index (κ1) is 37.1. The van der Waals surface area contributed by atoms with Crippen LogP contribution in [0.5, 0.6) is 0 Å². The van der Waals surface area contributed by atoms with Gasteiger partial charge in [0.05, 0.1) is 0 Å². The molecule has 3 aromatic rings. The van der Waals surface area contributed by atoms with Crippen molar-refractivity contribution in [3.8, 4) is 0 Å².